The monoisotopic (exact) mass is 344 g/mol. The van der Waals surface area contributed by atoms with Gasteiger partial charge in [-0.15, -0.1) is 0 Å². The number of hydrogen-bond donors (Lipinski definition) is 0. The fourth-order valence-corrected chi connectivity index (χ4v) is 4.01. The molecule has 0 unspecified atom stereocenters. The molecular formula is C24H18B2O. The Morgan fingerprint density at radius 1 is 0.630 bits per heavy atom. The summed E-state index contributed by atoms with van der Waals surface area (Å²) in [5.74, 6) is 0. The first-order chi connectivity index (χ1) is 13.2. The highest BCUT2D eigenvalue weighted by Crippen LogP contribution is 2.41. The summed E-state index contributed by atoms with van der Waals surface area (Å²) in [6, 6.07) is 29.9. The van der Waals surface area contributed by atoms with Crippen LogP contribution in [0, 0.1) is 0 Å². The van der Waals surface area contributed by atoms with Crippen molar-refractivity contribution in [2.75, 3.05) is 0 Å². The number of benzene rings is 4. The van der Waals surface area contributed by atoms with Crippen molar-refractivity contribution >= 4 is 48.6 Å². The molecule has 0 aliphatic carbocycles. The van der Waals surface area contributed by atoms with E-state index >= 15 is 0 Å². The van der Waals surface area contributed by atoms with Gasteiger partial charge in [0.05, 0.1) is 0 Å². The van der Waals surface area contributed by atoms with Gasteiger partial charge in [-0.3, -0.25) is 0 Å². The maximum atomic E-state index is 6.36. The summed E-state index contributed by atoms with van der Waals surface area (Å²) in [4.78, 5) is 0. The van der Waals surface area contributed by atoms with E-state index in [0.29, 0.717) is 0 Å². The van der Waals surface area contributed by atoms with Crippen molar-refractivity contribution in [1.29, 1.82) is 0 Å². The molecule has 0 saturated heterocycles. The lowest BCUT2D eigenvalue weighted by molar-refractivity contribution is 0.670. The van der Waals surface area contributed by atoms with Crippen molar-refractivity contribution in [3.63, 3.8) is 0 Å². The lowest BCUT2D eigenvalue weighted by atomic mass is 9.81. The molecule has 1 heterocycles. The van der Waals surface area contributed by atoms with Gasteiger partial charge in [-0.1, -0.05) is 83.7 Å². The van der Waals surface area contributed by atoms with Crippen molar-refractivity contribution in [2.24, 2.45) is 0 Å². The quantitative estimate of drug-likeness (QED) is 0.447. The summed E-state index contributed by atoms with van der Waals surface area (Å²) in [5.41, 5.74) is 9.26. The Kier molecular flexibility index (Phi) is 3.68. The molecule has 0 fully saturated rings. The Morgan fingerprint density at radius 2 is 1.33 bits per heavy atom. The smallest absolute Gasteiger partial charge is 0.143 e. The number of para-hydroxylation sites is 1. The van der Waals surface area contributed by atoms with Gasteiger partial charge < -0.3 is 4.42 Å². The molecule has 0 N–H and O–H groups in total. The van der Waals surface area contributed by atoms with Crippen LogP contribution < -0.4 is 10.9 Å². The van der Waals surface area contributed by atoms with Crippen LogP contribution in [0.2, 0.25) is 0 Å². The number of furan rings is 1. The van der Waals surface area contributed by atoms with Crippen LogP contribution in [0.25, 0.3) is 44.2 Å². The van der Waals surface area contributed by atoms with Gasteiger partial charge in [0.25, 0.3) is 0 Å². The first-order valence-corrected chi connectivity index (χ1v) is 9.29. The van der Waals surface area contributed by atoms with Gasteiger partial charge >= 0.3 is 0 Å². The normalized spacial score (nSPS) is 11.3. The second kappa shape index (κ2) is 6.21. The topological polar surface area (TPSA) is 13.1 Å². The standard InChI is InChI=1S/C24H18B2O/c25-16-10-11-18(21(26)14-16)19-13-12-17(15-6-2-1-3-7-15)24-23(19)20-8-4-5-9-22(20)27-24/h1-14H,25-26H2. The van der Waals surface area contributed by atoms with Gasteiger partial charge in [-0.05, 0) is 28.8 Å². The number of hydrogen-bond acceptors (Lipinski definition) is 1. The number of fused-ring (bicyclic) bond motifs is 3. The first-order valence-electron chi connectivity index (χ1n) is 9.29. The molecule has 1 aromatic heterocycles. The minimum absolute atomic E-state index is 0.932. The minimum Gasteiger partial charge on any atom is -0.455 e. The molecule has 27 heavy (non-hydrogen) atoms. The number of rotatable bonds is 2. The van der Waals surface area contributed by atoms with E-state index in [1.165, 1.54) is 38.4 Å². The Labute approximate surface area is 160 Å². The molecule has 5 rings (SSSR count). The predicted molar refractivity (Wildman–Crippen MR) is 121 cm³/mol. The van der Waals surface area contributed by atoms with Crippen LogP contribution in [0.5, 0.6) is 0 Å². The van der Waals surface area contributed by atoms with Crippen molar-refractivity contribution in [3.05, 3.63) is 84.9 Å². The van der Waals surface area contributed by atoms with E-state index in [4.69, 9.17) is 4.42 Å². The minimum atomic E-state index is 0.932. The molecular weight excluding hydrogens is 326 g/mol. The molecule has 0 aliphatic rings. The summed E-state index contributed by atoms with van der Waals surface area (Å²) in [6.07, 6.45) is 0. The van der Waals surface area contributed by atoms with E-state index < -0.39 is 0 Å². The third-order valence-corrected chi connectivity index (χ3v) is 5.28. The molecule has 0 saturated carbocycles. The van der Waals surface area contributed by atoms with E-state index in [0.717, 1.165) is 16.7 Å². The van der Waals surface area contributed by atoms with E-state index in [1.807, 2.05) is 12.1 Å². The molecule has 5 aromatic rings. The summed E-state index contributed by atoms with van der Waals surface area (Å²) in [7, 11) is 4.32. The van der Waals surface area contributed by atoms with Crippen molar-refractivity contribution in [3.8, 4) is 22.3 Å². The highest BCUT2D eigenvalue weighted by Gasteiger charge is 2.17. The zero-order chi connectivity index (χ0) is 18.4. The molecule has 0 spiro atoms. The molecule has 3 heteroatoms. The van der Waals surface area contributed by atoms with E-state index in [2.05, 4.69) is 88.5 Å². The summed E-state index contributed by atoms with van der Waals surface area (Å²) < 4.78 is 6.36. The Hall–Kier alpha value is -3.19. The van der Waals surface area contributed by atoms with Crippen LogP contribution in [-0.2, 0) is 0 Å². The fourth-order valence-electron chi connectivity index (χ4n) is 4.01. The highest BCUT2D eigenvalue weighted by atomic mass is 16.3. The van der Waals surface area contributed by atoms with Gasteiger partial charge in [0.2, 0.25) is 0 Å². The molecule has 0 aliphatic heterocycles. The molecule has 1 nitrogen and oxygen atoms in total. The van der Waals surface area contributed by atoms with Crippen LogP contribution in [0.3, 0.4) is 0 Å². The maximum Gasteiger partial charge on any atom is 0.143 e. The van der Waals surface area contributed by atoms with Crippen molar-refractivity contribution < 1.29 is 4.42 Å². The summed E-state index contributed by atoms with van der Waals surface area (Å²) in [5, 5.41) is 2.36. The average Bonchev–Trinajstić information content (AvgIpc) is 3.08. The van der Waals surface area contributed by atoms with Gasteiger partial charge in [-0.2, -0.15) is 0 Å². The van der Waals surface area contributed by atoms with Crippen LogP contribution in [-0.4, -0.2) is 15.7 Å². The van der Waals surface area contributed by atoms with Gasteiger partial charge in [0, 0.05) is 16.3 Å². The second-order valence-electron chi connectivity index (χ2n) is 7.15. The Balaban J connectivity index is 1.91. The SMILES string of the molecule is Bc1ccc(-c2ccc(-c3ccccc3)c3oc4ccccc4c23)c(B)c1. The van der Waals surface area contributed by atoms with Crippen LogP contribution in [0.4, 0.5) is 0 Å². The van der Waals surface area contributed by atoms with Crippen molar-refractivity contribution in [2.45, 2.75) is 0 Å². The summed E-state index contributed by atoms with van der Waals surface area (Å²) in [6.45, 7) is 0. The largest absolute Gasteiger partial charge is 0.455 e. The molecule has 0 amide bonds. The summed E-state index contributed by atoms with van der Waals surface area (Å²) >= 11 is 0. The van der Waals surface area contributed by atoms with Crippen LogP contribution in [0.15, 0.2) is 89.3 Å². The lowest BCUT2D eigenvalue weighted by Gasteiger charge is -2.11. The van der Waals surface area contributed by atoms with Crippen LogP contribution in [0.1, 0.15) is 0 Å². The van der Waals surface area contributed by atoms with E-state index in [9.17, 15) is 0 Å². The van der Waals surface area contributed by atoms with E-state index in [1.54, 1.807) is 0 Å². The fraction of sp³-hybridized carbons (Fsp3) is 0. The molecule has 0 bridgehead atoms. The van der Waals surface area contributed by atoms with Gasteiger partial charge in [-0.25, -0.2) is 0 Å². The Morgan fingerprint density at radius 3 is 2.15 bits per heavy atom. The van der Waals surface area contributed by atoms with Gasteiger partial charge in [0.15, 0.2) is 0 Å². The third-order valence-electron chi connectivity index (χ3n) is 5.28. The lowest BCUT2D eigenvalue weighted by Crippen LogP contribution is -2.15. The first kappa shape index (κ1) is 16.0. The van der Waals surface area contributed by atoms with Crippen molar-refractivity contribution in [1.82, 2.24) is 0 Å². The Bertz CT molecular complexity index is 1290. The molecule has 0 radical (unpaired) electrons. The molecule has 4 aromatic carbocycles. The second-order valence-corrected chi connectivity index (χ2v) is 7.15. The molecule has 126 valence electrons. The zero-order valence-corrected chi connectivity index (χ0v) is 15.5. The van der Waals surface area contributed by atoms with E-state index in [-0.39, 0.29) is 0 Å². The zero-order valence-electron chi connectivity index (χ0n) is 15.5. The molecule has 0 atom stereocenters. The van der Waals surface area contributed by atoms with Gasteiger partial charge in [0.1, 0.15) is 26.9 Å². The maximum absolute atomic E-state index is 6.36. The predicted octanol–water partition coefficient (Wildman–Crippen LogP) is 3.44. The highest BCUT2D eigenvalue weighted by molar-refractivity contribution is 6.40. The van der Waals surface area contributed by atoms with Crippen LogP contribution >= 0.6 is 0 Å². The third kappa shape index (κ3) is 2.59. The average molecular weight is 344 g/mol.